The number of imide groups is 2. The van der Waals surface area contributed by atoms with Gasteiger partial charge in [-0.25, -0.2) is 9.59 Å². The normalized spacial score (nSPS) is 13.1. The Hall–Kier alpha value is -5.88. The Kier molecular flexibility index (Phi) is 45.4. The number of carbonyl (C=O) groups excluding carboxylic acids is 12. The Bertz CT molecular complexity index is 1880. The van der Waals surface area contributed by atoms with E-state index < -0.39 is 35.6 Å². The maximum absolute atomic E-state index is 12.5. The van der Waals surface area contributed by atoms with Crippen molar-refractivity contribution >= 4 is 70.9 Å². The third kappa shape index (κ3) is 42.9. The van der Waals surface area contributed by atoms with Crippen molar-refractivity contribution in [1.29, 1.82) is 0 Å². The van der Waals surface area contributed by atoms with Crippen LogP contribution in [-0.4, -0.2) is 153 Å². The van der Waals surface area contributed by atoms with E-state index in [4.69, 9.17) is 23.9 Å². The molecule has 5 N–H and O–H groups in total. The molecule has 24 nitrogen and oxygen atoms in total. The molecule has 24 heteroatoms. The summed E-state index contributed by atoms with van der Waals surface area (Å²) < 4.78 is 17.6. The molecular formula is C62H105N7O17. The average Bonchev–Trinajstić information content (AvgIpc) is 4.22. The van der Waals surface area contributed by atoms with Crippen molar-refractivity contribution in [3.05, 3.63) is 0 Å². The van der Waals surface area contributed by atoms with E-state index in [9.17, 15) is 57.5 Å². The fourth-order valence-electron chi connectivity index (χ4n) is 9.34. The number of ketones is 1. The van der Waals surface area contributed by atoms with Gasteiger partial charge in [-0.15, -0.1) is 10.1 Å². The minimum Gasteiger partial charge on any atom is -0.380 e. The van der Waals surface area contributed by atoms with E-state index in [0.717, 1.165) is 148 Å². The number of Topliss-reactive ketones (excluding diaryl/α,β-unsaturated/α-hetero) is 1. The summed E-state index contributed by atoms with van der Waals surface area (Å²) >= 11 is 0. The summed E-state index contributed by atoms with van der Waals surface area (Å²) in [5, 5.41) is 15.9. The zero-order valence-electron chi connectivity index (χ0n) is 51.9. The van der Waals surface area contributed by atoms with Crippen molar-refractivity contribution < 1.29 is 81.4 Å². The molecule has 0 spiro atoms. The highest BCUT2D eigenvalue weighted by atomic mass is 16.7. The van der Waals surface area contributed by atoms with Gasteiger partial charge in [-0.1, -0.05) is 96.3 Å². The third-order valence-electron chi connectivity index (χ3n) is 14.5. The predicted octanol–water partition coefficient (Wildman–Crippen LogP) is 6.91. The van der Waals surface area contributed by atoms with Crippen LogP contribution in [0.15, 0.2) is 0 Å². The first kappa shape index (κ1) is 76.2. The Balaban J connectivity index is 1.50. The highest BCUT2D eigenvalue weighted by molar-refractivity contribution is 6.02. The van der Waals surface area contributed by atoms with Crippen LogP contribution in [0.5, 0.6) is 0 Å². The quantitative estimate of drug-likeness (QED) is 0.0305. The summed E-state index contributed by atoms with van der Waals surface area (Å²) in [6, 6.07) is 0. The zero-order valence-corrected chi connectivity index (χ0v) is 51.9. The highest BCUT2D eigenvalue weighted by Crippen LogP contribution is 2.16. The molecule has 490 valence electrons. The Labute approximate surface area is 510 Å². The molecule has 0 aromatic carbocycles. The van der Waals surface area contributed by atoms with Gasteiger partial charge in [0.15, 0.2) is 0 Å². The molecule has 2 aliphatic rings. The van der Waals surface area contributed by atoms with Crippen molar-refractivity contribution in [1.82, 2.24) is 36.7 Å². The first-order valence-corrected chi connectivity index (χ1v) is 32.3. The van der Waals surface area contributed by atoms with Gasteiger partial charge < -0.3 is 55.3 Å². The van der Waals surface area contributed by atoms with E-state index in [1.54, 1.807) is 6.92 Å². The van der Waals surface area contributed by atoms with Crippen molar-refractivity contribution in [2.24, 2.45) is 5.92 Å². The topological polar surface area (TPSA) is 318 Å². The lowest BCUT2D eigenvalue weighted by atomic mass is 10.1. The first-order chi connectivity index (χ1) is 41.6. The number of nitrogens with zero attached hydrogens (tertiary/aromatic N) is 2. The molecule has 0 radical (unpaired) electrons. The number of unbranched alkanes of at least 4 members (excludes halogenated alkanes) is 20. The second kappa shape index (κ2) is 51.2. The summed E-state index contributed by atoms with van der Waals surface area (Å²) in [7, 11) is 0. The van der Waals surface area contributed by atoms with Crippen molar-refractivity contribution in [2.45, 2.75) is 244 Å². The van der Waals surface area contributed by atoms with Crippen LogP contribution in [0.4, 0.5) is 0 Å². The number of ether oxygens (including phenoxy) is 3. The van der Waals surface area contributed by atoms with Gasteiger partial charge in [-0.2, -0.15) is 0 Å². The minimum atomic E-state index is -0.584. The Morgan fingerprint density at radius 1 is 0.326 bits per heavy atom. The van der Waals surface area contributed by atoms with E-state index in [-0.39, 0.29) is 139 Å². The molecule has 2 rings (SSSR count). The summed E-state index contributed by atoms with van der Waals surface area (Å²) in [4.78, 5) is 153. The molecule has 2 fully saturated rings. The lowest BCUT2D eigenvalue weighted by molar-refractivity contribution is -0.197. The molecule has 0 atom stereocenters. The van der Waals surface area contributed by atoms with E-state index in [2.05, 4.69) is 26.6 Å². The van der Waals surface area contributed by atoms with Crippen LogP contribution in [0.3, 0.4) is 0 Å². The molecule has 2 heterocycles. The van der Waals surface area contributed by atoms with Gasteiger partial charge in [0, 0.05) is 116 Å². The van der Waals surface area contributed by atoms with Crippen LogP contribution in [-0.2, 0) is 81.4 Å². The second-order valence-corrected chi connectivity index (χ2v) is 22.5. The standard InChI is InChI=1S/C62H105N7O17/c1-50(70)27-17-7-2-12-24-41-65-54(73)36-44-82-47-51(48-83-45-37-55(74)66-42-25-13-3-8-18-28-52(71)63-39-22-15-5-10-20-30-61(80)85-68-57(76)32-33-58(68)77)49-84-46-38-56(75)67-43-26-14-4-9-19-29-53(72)64-40-23-16-6-11-21-31-62(81)86-69-59(78)34-35-60(69)79/h51H,2-49H2,1H3,(H,63,71)(H,64,72)(H,65,73)(H,66,74)(H,67,75). The van der Waals surface area contributed by atoms with Crippen LogP contribution in [0, 0.1) is 5.92 Å². The smallest absolute Gasteiger partial charge is 0.333 e. The molecule has 0 bridgehead atoms. The largest absolute Gasteiger partial charge is 0.380 e. The van der Waals surface area contributed by atoms with Crippen molar-refractivity contribution in [3.8, 4) is 0 Å². The first-order valence-electron chi connectivity index (χ1n) is 32.3. The number of amides is 9. The third-order valence-corrected chi connectivity index (χ3v) is 14.5. The van der Waals surface area contributed by atoms with Gasteiger partial charge in [-0.3, -0.25) is 43.2 Å². The fourth-order valence-corrected chi connectivity index (χ4v) is 9.34. The zero-order chi connectivity index (χ0) is 62.7. The van der Waals surface area contributed by atoms with E-state index >= 15 is 0 Å². The summed E-state index contributed by atoms with van der Waals surface area (Å²) in [6.45, 7) is 5.93. The number of hydrogen-bond acceptors (Lipinski definition) is 17. The molecular weight excluding hydrogens is 1110 g/mol. The summed E-state index contributed by atoms with van der Waals surface area (Å²) in [5.74, 6) is -3.34. The van der Waals surface area contributed by atoms with Crippen molar-refractivity contribution in [3.63, 3.8) is 0 Å². The van der Waals surface area contributed by atoms with E-state index in [1.807, 2.05) is 0 Å². The second-order valence-electron chi connectivity index (χ2n) is 22.5. The van der Waals surface area contributed by atoms with Crippen LogP contribution >= 0.6 is 0 Å². The maximum Gasteiger partial charge on any atom is 0.333 e. The van der Waals surface area contributed by atoms with Crippen molar-refractivity contribution in [2.75, 3.05) is 72.4 Å². The lowest BCUT2D eigenvalue weighted by Gasteiger charge is -2.18. The van der Waals surface area contributed by atoms with Gasteiger partial charge in [0.05, 0.1) is 39.6 Å². The number of hydroxylamine groups is 4. The molecule has 86 heavy (non-hydrogen) atoms. The molecule has 0 unspecified atom stereocenters. The average molecular weight is 1220 g/mol. The van der Waals surface area contributed by atoms with Crippen LogP contribution < -0.4 is 26.6 Å². The van der Waals surface area contributed by atoms with Gasteiger partial charge in [0.2, 0.25) is 29.5 Å². The van der Waals surface area contributed by atoms with Gasteiger partial charge in [0.25, 0.3) is 23.6 Å². The highest BCUT2D eigenvalue weighted by Gasteiger charge is 2.33. The summed E-state index contributed by atoms with van der Waals surface area (Å²) in [5.41, 5.74) is 0. The molecule has 9 amide bonds. The number of nitrogens with one attached hydrogen (secondary N) is 5. The van der Waals surface area contributed by atoms with E-state index in [0.29, 0.717) is 75.0 Å². The monoisotopic (exact) mass is 1220 g/mol. The van der Waals surface area contributed by atoms with Crippen LogP contribution in [0.1, 0.15) is 244 Å². The predicted molar refractivity (Wildman–Crippen MR) is 318 cm³/mol. The Morgan fingerprint density at radius 3 is 0.837 bits per heavy atom. The summed E-state index contributed by atoms with van der Waals surface area (Å²) in [6.07, 6.45) is 24.5. The lowest BCUT2D eigenvalue weighted by Crippen LogP contribution is -2.31. The van der Waals surface area contributed by atoms with Gasteiger partial charge in [0.1, 0.15) is 5.78 Å². The Morgan fingerprint density at radius 2 is 0.558 bits per heavy atom. The van der Waals surface area contributed by atoms with Gasteiger partial charge in [-0.05, 0) is 71.1 Å². The molecule has 2 saturated heterocycles. The van der Waals surface area contributed by atoms with Crippen LogP contribution in [0.2, 0.25) is 0 Å². The minimum absolute atomic E-state index is 0.0301. The molecule has 2 aliphatic heterocycles. The number of hydrogen-bond donors (Lipinski definition) is 5. The molecule has 0 aliphatic carbocycles. The molecule has 0 saturated carbocycles. The maximum atomic E-state index is 12.5. The number of rotatable bonds is 57. The molecule has 0 aromatic rings. The van der Waals surface area contributed by atoms with E-state index in [1.165, 1.54) is 0 Å². The fraction of sp³-hybridized carbons (Fsp3) is 0.806. The van der Waals surface area contributed by atoms with Gasteiger partial charge >= 0.3 is 11.9 Å². The SMILES string of the molecule is CC(=O)CCCCCCCNC(=O)CCOCC(COCCC(=O)NCCCCCCCC(=O)NCCCCCCCC(=O)ON1C(=O)CCC1=O)COCCC(=O)NCCCCCCCC(=O)NCCCCCCCC(=O)ON1C(=O)CCC1=O. The number of carbonyl (C=O) groups is 12. The van der Waals surface area contributed by atoms with Crippen LogP contribution in [0.25, 0.3) is 0 Å². The molecule has 0 aromatic heterocycles.